The zero-order valence-corrected chi connectivity index (χ0v) is 18.3. The normalized spacial score (nSPS) is 28.7. The number of imide groups is 1. The van der Waals surface area contributed by atoms with Crippen LogP contribution in [0.3, 0.4) is 0 Å². The maximum atomic E-state index is 14.0. The van der Waals surface area contributed by atoms with E-state index in [4.69, 9.17) is 0 Å². The highest BCUT2D eigenvalue weighted by Gasteiger charge is 2.71. The number of amides is 3. The summed E-state index contributed by atoms with van der Waals surface area (Å²) in [5.41, 5.74) is 0.841. The van der Waals surface area contributed by atoms with Gasteiger partial charge in [-0.15, -0.1) is 6.58 Å². The second-order valence-electron chi connectivity index (χ2n) is 9.26. The highest BCUT2D eigenvalue weighted by molar-refractivity contribution is 6.26. The molecule has 3 heterocycles. The Balaban J connectivity index is 1.69. The molecule has 2 saturated heterocycles. The number of carbonyl (C=O) groups excluding carboxylic acids is 3. The minimum Gasteiger partial charge on any atom is -0.306 e. The molecule has 0 radical (unpaired) electrons. The Morgan fingerprint density at radius 2 is 1.72 bits per heavy atom. The summed E-state index contributed by atoms with van der Waals surface area (Å²) in [7, 11) is 0. The summed E-state index contributed by atoms with van der Waals surface area (Å²) in [6.07, 6.45) is 2.38. The van der Waals surface area contributed by atoms with Gasteiger partial charge in [0.05, 0.1) is 17.5 Å². The smallest absolute Gasteiger partial charge is 0.253 e. The van der Waals surface area contributed by atoms with Crippen molar-refractivity contribution in [2.24, 2.45) is 17.8 Å². The number of hydrogen-bond donors (Lipinski definition) is 1. The molecule has 6 nitrogen and oxygen atoms in total. The largest absolute Gasteiger partial charge is 0.306 e. The number of carbonyl (C=O) groups is 3. The second-order valence-corrected chi connectivity index (χ2v) is 9.26. The van der Waals surface area contributed by atoms with Crippen LogP contribution < -0.4 is 15.1 Å². The molecular formula is C26H27N3O3. The van der Waals surface area contributed by atoms with Crippen molar-refractivity contribution < 1.29 is 14.4 Å². The van der Waals surface area contributed by atoms with Crippen LogP contribution in [0.4, 0.5) is 11.4 Å². The van der Waals surface area contributed by atoms with Crippen molar-refractivity contribution in [3.05, 3.63) is 72.8 Å². The van der Waals surface area contributed by atoms with Crippen LogP contribution >= 0.6 is 0 Å². The molecule has 3 aliphatic rings. The lowest BCUT2D eigenvalue weighted by atomic mass is 9.76. The molecule has 1 N–H and O–H groups in total. The molecule has 2 fully saturated rings. The number of anilines is 2. The molecule has 6 heteroatoms. The van der Waals surface area contributed by atoms with Gasteiger partial charge in [-0.05, 0) is 30.5 Å². The number of fused-ring (bicyclic) bond motifs is 4. The summed E-state index contributed by atoms with van der Waals surface area (Å²) < 4.78 is 0. The molecule has 32 heavy (non-hydrogen) atoms. The zero-order chi connectivity index (χ0) is 22.6. The minimum atomic E-state index is -1.25. The van der Waals surface area contributed by atoms with Crippen molar-refractivity contribution in [1.82, 2.24) is 5.32 Å². The summed E-state index contributed by atoms with van der Waals surface area (Å²) in [6.45, 7) is 8.33. The van der Waals surface area contributed by atoms with E-state index in [1.54, 1.807) is 23.1 Å². The van der Waals surface area contributed by atoms with E-state index >= 15 is 0 Å². The first kappa shape index (κ1) is 20.6. The molecule has 0 saturated carbocycles. The third-order valence-corrected chi connectivity index (χ3v) is 6.92. The second kappa shape index (κ2) is 7.41. The summed E-state index contributed by atoms with van der Waals surface area (Å²) in [6, 6.07) is 16.3. The predicted molar refractivity (Wildman–Crippen MR) is 123 cm³/mol. The number of nitrogens with zero attached hydrogens (tertiary/aromatic N) is 2. The van der Waals surface area contributed by atoms with Gasteiger partial charge in [-0.3, -0.25) is 19.7 Å². The van der Waals surface area contributed by atoms with Gasteiger partial charge in [0.2, 0.25) is 11.8 Å². The molecule has 2 aromatic rings. The first-order chi connectivity index (χ1) is 15.4. The SMILES string of the molecule is C=CCN1C(=O)[C@]2(N[C@H](CC(C)C)[C@H]3C(=O)N(c4ccccc4)C(=O)[C@@H]32)c2ccccc21. The molecule has 0 bridgehead atoms. The standard InChI is InChI=1S/C26H27N3O3/c1-4-14-28-20-13-9-8-12-18(20)26(25(28)32)22-21(19(27-26)15-16(2)3)23(30)29(24(22)31)17-10-6-5-7-11-17/h4-13,16,19,21-22,27H,1,14-15H2,2-3H3/t19-,21-,22-,26+/m1/s1. The average molecular weight is 430 g/mol. The van der Waals surface area contributed by atoms with Gasteiger partial charge >= 0.3 is 0 Å². The Labute approximate surface area is 187 Å². The number of para-hydroxylation sites is 2. The lowest BCUT2D eigenvalue weighted by molar-refractivity contribution is -0.132. The molecule has 2 aromatic carbocycles. The van der Waals surface area contributed by atoms with Crippen LogP contribution in [0.5, 0.6) is 0 Å². The average Bonchev–Trinajstić information content (AvgIpc) is 3.33. The molecule has 1 spiro atoms. The Bertz CT molecular complexity index is 1110. The first-order valence-corrected chi connectivity index (χ1v) is 11.1. The molecule has 4 atom stereocenters. The van der Waals surface area contributed by atoms with Crippen molar-refractivity contribution in [2.75, 3.05) is 16.3 Å². The van der Waals surface area contributed by atoms with Crippen molar-refractivity contribution in [2.45, 2.75) is 31.8 Å². The van der Waals surface area contributed by atoms with Crippen LogP contribution in [-0.2, 0) is 19.9 Å². The van der Waals surface area contributed by atoms with Crippen LogP contribution in [0.2, 0.25) is 0 Å². The van der Waals surface area contributed by atoms with Crippen LogP contribution in [-0.4, -0.2) is 30.3 Å². The first-order valence-electron chi connectivity index (χ1n) is 11.1. The maximum absolute atomic E-state index is 14.0. The lowest BCUT2D eigenvalue weighted by Crippen LogP contribution is -2.55. The molecule has 3 amide bonds. The van der Waals surface area contributed by atoms with Crippen LogP contribution in [0.1, 0.15) is 25.8 Å². The topological polar surface area (TPSA) is 69.7 Å². The fourth-order valence-corrected chi connectivity index (χ4v) is 5.80. The summed E-state index contributed by atoms with van der Waals surface area (Å²) in [4.78, 5) is 44.5. The van der Waals surface area contributed by atoms with E-state index in [0.717, 1.165) is 11.3 Å². The van der Waals surface area contributed by atoms with Gasteiger partial charge in [0, 0.05) is 23.8 Å². The van der Waals surface area contributed by atoms with Gasteiger partial charge in [0.1, 0.15) is 5.54 Å². The van der Waals surface area contributed by atoms with Crippen molar-refractivity contribution >= 4 is 29.1 Å². The third-order valence-electron chi connectivity index (χ3n) is 6.92. The van der Waals surface area contributed by atoms with E-state index in [1.807, 2.05) is 42.5 Å². The highest BCUT2D eigenvalue weighted by atomic mass is 16.2. The van der Waals surface area contributed by atoms with E-state index < -0.39 is 17.4 Å². The number of benzene rings is 2. The van der Waals surface area contributed by atoms with Gasteiger partial charge in [0.25, 0.3) is 5.91 Å². The summed E-state index contributed by atoms with van der Waals surface area (Å²) in [5.74, 6) is -1.81. The molecule has 5 rings (SSSR count). The molecule has 164 valence electrons. The maximum Gasteiger partial charge on any atom is 0.253 e. The van der Waals surface area contributed by atoms with Crippen molar-refractivity contribution in [1.29, 1.82) is 0 Å². The predicted octanol–water partition coefficient (Wildman–Crippen LogP) is 3.24. The summed E-state index contributed by atoms with van der Waals surface area (Å²) >= 11 is 0. The third kappa shape index (κ3) is 2.65. The van der Waals surface area contributed by atoms with E-state index in [-0.39, 0.29) is 23.8 Å². The molecule has 0 aliphatic carbocycles. The van der Waals surface area contributed by atoms with Crippen LogP contribution in [0.15, 0.2) is 67.3 Å². The molecule has 3 aliphatic heterocycles. The van der Waals surface area contributed by atoms with Crippen LogP contribution in [0, 0.1) is 17.8 Å². The van der Waals surface area contributed by atoms with Crippen molar-refractivity contribution in [3.63, 3.8) is 0 Å². The van der Waals surface area contributed by atoms with Gasteiger partial charge in [0.15, 0.2) is 0 Å². The Morgan fingerprint density at radius 3 is 2.41 bits per heavy atom. The fraction of sp³-hybridized carbons (Fsp3) is 0.346. The number of nitrogens with one attached hydrogen (secondary N) is 1. The fourth-order valence-electron chi connectivity index (χ4n) is 5.80. The summed E-state index contributed by atoms with van der Waals surface area (Å²) in [5, 5.41) is 3.53. The number of hydrogen-bond acceptors (Lipinski definition) is 4. The highest BCUT2D eigenvalue weighted by Crippen LogP contribution is 2.55. The van der Waals surface area contributed by atoms with Gasteiger partial charge in [-0.1, -0.05) is 56.3 Å². The minimum absolute atomic E-state index is 0.184. The Kier molecular flexibility index (Phi) is 4.78. The van der Waals surface area contributed by atoms with Crippen molar-refractivity contribution in [3.8, 4) is 0 Å². The Morgan fingerprint density at radius 1 is 1.03 bits per heavy atom. The molecule has 0 unspecified atom stereocenters. The van der Waals surface area contributed by atoms with E-state index in [2.05, 4.69) is 25.7 Å². The number of rotatable bonds is 5. The van der Waals surface area contributed by atoms with Gasteiger partial charge < -0.3 is 4.90 Å². The van der Waals surface area contributed by atoms with E-state index in [0.29, 0.717) is 24.6 Å². The zero-order valence-electron chi connectivity index (χ0n) is 18.3. The van der Waals surface area contributed by atoms with Gasteiger partial charge in [-0.2, -0.15) is 0 Å². The van der Waals surface area contributed by atoms with Gasteiger partial charge in [-0.25, -0.2) is 4.90 Å². The quantitative estimate of drug-likeness (QED) is 0.585. The monoisotopic (exact) mass is 429 g/mol. The van der Waals surface area contributed by atoms with E-state index in [1.165, 1.54) is 4.90 Å². The molecule has 0 aromatic heterocycles. The Hall–Kier alpha value is -3.25. The van der Waals surface area contributed by atoms with Crippen LogP contribution in [0.25, 0.3) is 0 Å². The van der Waals surface area contributed by atoms with E-state index in [9.17, 15) is 14.4 Å². The molecular weight excluding hydrogens is 402 g/mol. The lowest BCUT2D eigenvalue weighted by Gasteiger charge is -2.30.